The number of pyridine rings is 1. The molecule has 1 aromatic heterocycles. The quantitative estimate of drug-likeness (QED) is 0.869. The van der Waals surface area contributed by atoms with E-state index < -0.39 is 0 Å². The zero-order valence-electron chi connectivity index (χ0n) is 11.3. The van der Waals surface area contributed by atoms with E-state index in [0.717, 1.165) is 24.1 Å². The van der Waals surface area contributed by atoms with E-state index in [-0.39, 0.29) is 0 Å². The van der Waals surface area contributed by atoms with Crippen LogP contribution in [-0.4, -0.2) is 11.2 Å². The van der Waals surface area contributed by atoms with Crippen molar-refractivity contribution in [3.63, 3.8) is 0 Å². The van der Waals surface area contributed by atoms with Crippen molar-refractivity contribution in [1.82, 2.24) is 4.98 Å². The van der Waals surface area contributed by atoms with Gasteiger partial charge in [0, 0.05) is 12.6 Å². The Morgan fingerprint density at radius 1 is 1.35 bits per heavy atom. The highest BCUT2D eigenvalue weighted by Gasteiger charge is 2.13. The molecule has 0 fully saturated rings. The van der Waals surface area contributed by atoms with Gasteiger partial charge in [0.05, 0.1) is 17.6 Å². The van der Waals surface area contributed by atoms with E-state index in [1.807, 2.05) is 12.3 Å². The van der Waals surface area contributed by atoms with Gasteiger partial charge in [-0.1, -0.05) is 30.7 Å². The van der Waals surface area contributed by atoms with Gasteiger partial charge in [-0.25, -0.2) is 4.98 Å². The van der Waals surface area contributed by atoms with Gasteiger partial charge in [0.15, 0.2) is 0 Å². The maximum absolute atomic E-state index is 5.96. The molecule has 1 atom stereocenters. The smallest absolute Gasteiger partial charge is 0.129 e. The van der Waals surface area contributed by atoms with Crippen LogP contribution in [0.2, 0.25) is 5.15 Å². The number of nitrogen functional groups attached to an aromatic ring is 1. The molecule has 2 N–H and O–H groups in total. The summed E-state index contributed by atoms with van der Waals surface area (Å²) in [6.07, 6.45) is 5.37. The third kappa shape index (κ3) is 2.54. The van der Waals surface area contributed by atoms with Crippen molar-refractivity contribution in [2.75, 3.05) is 5.73 Å². The molecule has 1 aromatic carbocycles. The maximum Gasteiger partial charge on any atom is 0.129 e. The monoisotopic (exact) mass is 285 g/mol. The van der Waals surface area contributed by atoms with Crippen molar-refractivity contribution >= 4 is 29.2 Å². The number of benzene rings is 1. The molecule has 20 heavy (non-hydrogen) atoms. The Morgan fingerprint density at radius 3 is 3.05 bits per heavy atom. The molecule has 3 nitrogen and oxygen atoms in total. The van der Waals surface area contributed by atoms with Gasteiger partial charge in [0.2, 0.25) is 0 Å². The first-order valence-electron chi connectivity index (χ1n) is 6.68. The highest BCUT2D eigenvalue weighted by atomic mass is 35.5. The molecule has 3 rings (SSSR count). The minimum Gasteiger partial charge on any atom is -0.397 e. The van der Waals surface area contributed by atoms with Crippen molar-refractivity contribution in [3.8, 4) is 0 Å². The number of aromatic nitrogens is 1. The minimum absolute atomic E-state index is 0.358. The van der Waals surface area contributed by atoms with E-state index in [0.29, 0.717) is 16.8 Å². The SMILES string of the molecule is C[C@H](Cc1cc(Cl)ncc1N)c1ccc2c(c1)N=CC2. The molecule has 0 unspecified atom stereocenters. The van der Waals surface area contributed by atoms with Crippen LogP contribution in [0.15, 0.2) is 35.5 Å². The summed E-state index contributed by atoms with van der Waals surface area (Å²) in [5.41, 5.74) is 11.4. The molecule has 0 saturated carbocycles. The number of hydrogen-bond acceptors (Lipinski definition) is 3. The van der Waals surface area contributed by atoms with Crippen LogP contribution in [-0.2, 0) is 12.8 Å². The topological polar surface area (TPSA) is 51.3 Å². The van der Waals surface area contributed by atoms with Gasteiger partial charge in [-0.2, -0.15) is 0 Å². The third-order valence-electron chi connectivity index (χ3n) is 3.74. The van der Waals surface area contributed by atoms with Crippen molar-refractivity contribution in [2.45, 2.75) is 25.7 Å². The molecule has 0 radical (unpaired) electrons. The average Bonchev–Trinajstić information content (AvgIpc) is 2.90. The van der Waals surface area contributed by atoms with Crippen LogP contribution in [0.25, 0.3) is 0 Å². The number of hydrogen-bond donors (Lipinski definition) is 1. The fraction of sp³-hybridized carbons (Fsp3) is 0.250. The van der Waals surface area contributed by atoms with Crippen LogP contribution in [0.3, 0.4) is 0 Å². The zero-order valence-corrected chi connectivity index (χ0v) is 12.1. The van der Waals surface area contributed by atoms with Gasteiger partial charge in [-0.3, -0.25) is 4.99 Å². The second kappa shape index (κ2) is 5.25. The number of fused-ring (bicyclic) bond motifs is 1. The highest BCUT2D eigenvalue weighted by Crippen LogP contribution is 2.31. The first-order valence-corrected chi connectivity index (χ1v) is 7.06. The van der Waals surface area contributed by atoms with Gasteiger partial charge in [0.1, 0.15) is 5.15 Å². The lowest BCUT2D eigenvalue weighted by molar-refractivity contribution is 0.759. The number of anilines is 1. The van der Waals surface area contributed by atoms with Crippen LogP contribution in [0.5, 0.6) is 0 Å². The Morgan fingerprint density at radius 2 is 2.20 bits per heavy atom. The van der Waals surface area contributed by atoms with Crippen molar-refractivity contribution in [1.29, 1.82) is 0 Å². The molecule has 0 aliphatic carbocycles. The summed E-state index contributed by atoms with van der Waals surface area (Å²) < 4.78 is 0. The predicted molar refractivity (Wildman–Crippen MR) is 84.1 cm³/mol. The molecule has 1 aliphatic heterocycles. The minimum atomic E-state index is 0.358. The van der Waals surface area contributed by atoms with Gasteiger partial charge in [-0.15, -0.1) is 0 Å². The predicted octanol–water partition coefficient (Wildman–Crippen LogP) is 3.92. The average molecular weight is 286 g/mol. The van der Waals surface area contributed by atoms with Crippen LogP contribution >= 0.6 is 11.6 Å². The second-order valence-corrected chi connectivity index (χ2v) is 5.60. The van der Waals surface area contributed by atoms with E-state index in [1.54, 1.807) is 6.20 Å². The summed E-state index contributed by atoms with van der Waals surface area (Å²) in [4.78, 5) is 8.39. The highest BCUT2D eigenvalue weighted by molar-refractivity contribution is 6.29. The van der Waals surface area contributed by atoms with E-state index in [9.17, 15) is 0 Å². The standard InChI is InChI=1S/C16H16ClN3/c1-10(6-13-8-16(17)20-9-14(13)18)12-3-2-11-4-5-19-15(11)7-12/h2-3,5,7-10H,4,6,18H2,1H3/t10-/m1/s1. The Labute approximate surface area is 123 Å². The first-order chi connectivity index (χ1) is 9.63. The molecule has 2 aromatic rings. The summed E-state index contributed by atoms with van der Waals surface area (Å²) >= 11 is 5.94. The number of rotatable bonds is 3. The Bertz CT molecular complexity index is 679. The molecule has 0 amide bonds. The summed E-state index contributed by atoms with van der Waals surface area (Å²) in [5.74, 6) is 0.358. The summed E-state index contributed by atoms with van der Waals surface area (Å²) in [5, 5.41) is 0.486. The summed E-state index contributed by atoms with van der Waals surface area (Å²) in [7, 11) is 0. The molecule has 0 saturated heterocycles. The van der Waals surface area contributed by atoms with Gasteiger partial charge >= 0.3 is 0 Å². The van der Waals surface area contributed by atoms with E-state index in [1.165, 1.54) is 11.1 Å². The number of aliphatic imine (C=N–C) groups is 1. The van der Waals surface area contributed by atoms with Gasteiger partial charge in [-0.05, 0) is 41.2 Å². The zero-order chi connectivity index (χ0) is 14.1. The lowest BCUT2D eigenvalue weighted by atomic mass is 9.92. The van der Waals surface area contributed by atoms with Gasteiger partial charge < -0.3 is 5.73 Å². The van der Waals surface area contributed by atoms with Crippen molar-refractivity contribution < 1.29 is 0 Å². The molecule has 4 heteroatoms. The Balaban J connectivity index is 1.84. The number of halogens is 1. The fourth-order valence-corrected chi connectivity index (χ4v) is 2.71. The number of nitrogens with two attached hydrogens (primary N) is 1. The van der Waals surface area contributed by atoms with Crippen LogP contribution in [0.1, 0.15) is 29.5 Å². The van der Waals surface area contributed by atoms with Crippen LogP contribution in [0, 0.1) is 0 Å². The van der Waals surface area contributed by atoms with Crippen molar-refractivity contribution in [3.05, 3.63) is 52.3 Å². The van der Waals surface area contributed by atoms with Crippen LogP contribution < -0.4 is 5.73 Å². The van der Waals surface area contributed by atoms with E-state index in [2.05, 4.69) is 35.1 Å². The second-order valence-electron chi connectivity index (χ2n) is 5.21. The van der Waals surface area contributed by atoms with E-state index >= 15 is 0 Å². The molecule has 1 aliphatic rings. The molecular weight excluding hydrogens is 270 g/mol. The molecule has 2 heterocycles. The lowest BCUT2D eigenvalue weighted by Gasteiger charge is -2.14. The third-order valence-corrected chi connectivity index (χ3v) is 3.94. The van der Waals surface area contributed by atoms with Gasteiger partial charge in [0.25, 0.3) is 0 Å². The summed E-state index contributed by atoms with van der Waals surface area (Å²) in [6.45, 7) is 2.19. The van der Waals surface area contributed by atoms with E-state index in [4.69, 9.17) is 17.3 Å². The first kappa shape index (κ1) is 13.1. The molecular formula is C16H16ClN3. The number of nitrogens with zero attached hydrogens (tertiary/aromatic N) is 2. The maximum atomic E-state index is 5.96. The lowest BCUT2D eigenvalue weighted by Crippen LogP contribution is -2.02. The summed E-state index contributed by atoms with van der Waals surface area (Å²) in [6, 6.07) is 8.36. The normalized spacial score (nSPS) is 14.3. The van der Waals surface area contributed by atoms with Crippen molar-refractivity contribution in [2.24, 2.45) is 4.99 Å². The van der Waals surface area contributed by atoms with Crippen LogP contribution in [0.4, 0.5) is 11.4 Å². The fourth-order valence-electron chi connectivity index (χ4n) is 2.53. The molecule has 0 spiro atoms. The Hall–Kier alpha value is -1.87. The molecule has 102 valence electrons. The largest absolute Gasteiger partial charge is 0.397 e. The molecule has 0 bridgehead atoms. The Kier molecular flexibility index (Phi) is 3.45.